The molecule has 3 N–H and O–H groups in total. The van der Waals surface area contributed by atoms with Crippen LogP contribution in [0.2, 0.25) is 10.0 Å². The Morgan fingerprint density at radius 3 is 2.40 bits per heavy atom. The molecule has 2 aliphatic carbocycles. The van der Waals surface area contributed by atoms with E-state index in [1.54, 1.807) is 0 Å². The monoisotopic (exact) mass is 313 g/mol. The predicted octanol–water partition coefficient (Wildman–Crippen LogP) is 3.90. The van der Waals surface area contributed by atoms with Crippen LogP contribution in [0.3, 0.4) is 0 Å². The molecule has 2 saturated carbocycles. The highest BCUT2D eigenvalue weighted by Gasteiger charge is 2.49. The number of nitrogens with two attached hydrogens (primary N) is 1. The number of aliphatic hydroxyl groups is 1. The van der Waals surface area contributed by atoms with Crippen LogP contribution in [0.5, 0.6) is 0 Å². The summed E-state index contributed by atoms with van der Waals surface area (Å²) in [5.74, 6) is 0.213. The standard InChI is InChI=1S/C16H21Cl2NO/c17-12-6-5-10(9-13(12)18)16(7-2-8-16)15(20)11-3-1-4-14(11)19/h5-6,9,11,14-15,20H,1-4,7-8,19H2/t11-,14+,15?/m0/s1. The van der Waals surface area contributed by atoms with Gasteiger partial charge in [0.05, 0.1) is 16.1 Å². The lowest BCUT2D eigenvalue weighted by Crippen LogP contribution is -2.52. The topological polar surface area (TPSA) is 46.2 Å². The highest BCUT2D eigenvalue weighted by molar-refractivity contribution is 6.42. The van der Waals surface area contributed by atoms with Crippen molar-refractivity contribution in [2.24, 2.45) is 11.7 Å². The van der Waals surface area contributed by atoms with E-state index >= 15 is 0 Å². The van der Waals surface area contributed by atoms with Crippen LogP contribution in [-0.4, -0.2) is 17.3 Å². The second kappa shape index (κ2) is 5.49. The molecule has 0 saturated heterocycles. The summed E-state index contributed by atoms with van der Waals surface area (Å²) in [5, 5.41) is 12.1. The average molecular weight is 314 g/mol. The fourth-order valence-electron chi connectivity index (χ4n) is 3.94. The number of halogens is 2. The van der Waals surface area contributed by atoms with Gasteiger partial charge in [0.2, 0.25) is 0 Å². The fourth-order valence-corrected chi connectivity index (χ4v) is 4.24. The third-order valence-electron chi connectivity index (χ3n) is 5.34. The van der Waals surface area contributed by atoms with Crippen LogP contribution < -0.4 is 5.73 Å². The molecule has 2 fully saturated rings. The summed E-state index contributed by atoms with van der Waals surface area (Å²) in [7, 11) is 0. The lowest BCUT2D eigenvalue weighted by molar-refractivity contribution is -0.0165. The molecule has 20 heavy (non-hydrogen) atoms. The molecule has 3 atom stereocenters. The Morgan fingerprint density at radius 1 is 1.15 bits per heavy atom. The lowest BCUT2D eigenvalue weighted by Gasteiger charge is -2.49. The van der Waals surface area contributed by atoms with Gasteiger partial charge >= 0.3 is 0 Å². The van der Waals surface area contributed by atoms with Crippen molar-refractivity contribution >= 4 is 23.2 Å². The highest BCUT2D eigenvalue weighted by atomic mass is 35.5. The third-order valence-corrected chi connectivity index (χ3v) is 6.08. The summed E-state index contributed by atoms with van der Waals surface area (Å²) < 4.78 is 0. The summed E-state index contributed by atoms with van der Waals surface area (Å²) >= 11 is 12.2. The third kappa shape index (κ3) is 2.27. The van der Waals surface area contributed by atoms with Crippen molar-refractivity contribution in [2.75, 3.05) is 0 Å². The van der Waals surface area contributed by atoms with Crippen molar-refractivity contribution in [1.29, 1.82) is 0 Å². The van der Waals surface area contributed by atoms with Crippen LogP contribution in [0.25, 0.3) is 0 Å². The van der Waals surface area contributed by atoms with Gasteiger partial charge < -0.3 is 10.8 Å². The van der Waals surface area contributed by atoms with E-state index in [-0.39, 0.29) is 23.5 Å². The van der Waals surface area contributed by atoms with Crippen molar-refractivity contribution in [1.82, 2.24) is 0 Å². The van der Waals surface area contributed by atoms with Crippen LogP contribution in [0.1, 0.15) is 44.1 Å². The Balaban J connectivity index is 1.92. The summed E-state index contributed by atoms with van der Waals surface area (Å²) in [5.41, 5.74) is 7.13. The van der Waals surface area contributed by atoms with E-state index in [0.29, 0.717) is 10.0 Å². The Labute approximate surface area is 130 Å². The van der Waals surface area contributed by atoms with E-state index in [1.165, 1.54) is 0 Å². The van der Waals surface area contributed by atoms with E-state index < -0.39 is 0 Å². The first kappa shape index (κ1) is 14.6. The van der Waals surface area contributed by atoms with Gasteiger partial charge in [-0.3, -0.25) is 0 Å². The number of rotatable bonds is 3. The van der Waals surface area contributed by atoms with Gasteiger partial charge in [-0.2, -0.15) is 0 Å². The first-order valence-electron chi connectivity index (χ1n) is 7.44. The largest absolute Gasteiger partial charge is 0.392 e. The van der Waals surface area contributed by atoms with E-state index in [4.69, 9.17) is 28.9 Å². The molecule has 0 amide bonds. The van der Waals surface area contributed by atoms with Crippen molar-refractivity contribution in [2.45, 2.75) is 56.1 Å². The first-order chi connectivity index (χ1) is 9.54. The Bertz CT molecular complexity index is 501. The molecule has 0 bridgehead atoms. The second-order valence-electron chi connectivity index (χ2n) is 6.34. The molecule has 110 valence electrons. The molecule has 2 nitrogen and oxygen atoms in total. The molecule has 1 aromatic carbocycles. The van der Waals surface area contributed by atoms with Gasteiger partial charge in [-0.25, -0.2) is 0 Å². The zero-order valence-electron chi connectivity index (χ0n) is 11.5. The molecule has 3 rings (SSSR count). The van der Waals surface area contributed by atoms with Crippen LogP contribution >= 0.6 is 23.2 Å². The van der Waals surface area contributed by atoms with Crippen LogP contribution in [0.15, 0.2) is 18.2 Å². The van der Waals surface area contributed by atoms with Gasteiger partial charge in [0.1, 0.15) is 0 Å². The van der Waals surface area contributed by atoms with E-state index in [2.05, 4.69) is 0 Å². The van der Waals surface area contributed by atoms with Crippen molar-refractivity contribution in [3.8, 4) is 0 Å². The van der Waals surface area contributed by atoms with Gasteiger partial charge in [0, 0.05) is 17.4 Å². The zero-order valence-corrected chi connectivity index (χ0v) is 13.0. The molecular formula is C16H21Cl2NO. The van der Waals surface area contributed by atoms with Crippen molar-refractivity contribution in [3.63, 3.8) is 0 Å². The molecule has 0 radical (unpaired) electrons. The van der Waals surface area contributed by atoms with Crippen molar-refractivity contribution in [3.05, 3.63) is 33.8 Å². The minimum atomic E-state index is -0.369. The number of hydrogen-bond acceptors (Lipinski definition) is 2. The summed E-state index contributed by atoms with van der Waals surface area (Å²) in [6, 6.07) is 5.90. The molecule has 0 heterocycles. The van der Waals surface area contributed by atoms with Crippen LogP contribution in [-0.2, 0) is 5.41 Å². The maximum Gasteiger partial charge on any atom is 0.0679 e. The maximum absolute atomic E-state index is 10.9. The summed E-state index contributed by atoms with van der Waals surface area (Å²) in [6.45, 7) is 0. The molecule has 0 aromatic heterocycles. The first-order valence-corrected chi connectivity index (χ1v) is 8.19. The van der Waals surface area contributed by atoms with Gasteiger partial charge in [0.25, 0.3) is 0 Å². The van der Waals surface area contributed by atoms with Crippen LogP contribution in [0.4, 0.5) is 0 Å². The normalized spacial score (nSPS) is 30.0. The van der Waals surface area contributed by atoms with E-state index in [1.807, 2.05) is 18.2 Å². The maximum atomic E-state index is 10.9. The lowest BCUT2D eigenvalue weighted by atomic mass is 9.58. The zero-order chi connectivity index (χ0) is 14.3. The average Bonchev–Trinajstić information content (AvgIpc) is 2.78. The van der Waals surface area contributed by atoms with Crippen LogP contribution in [0, 0.1) is 5.92 Å². The molecule has 1 aromatic rings. The van der Waals surface area contributed by atoms with E-state index in [9.17, 15) is 5.11 Å². The molecule has 1 unspecified atom stereocenters. The molecule has 4 heteroatoms. The number of aliphatic hydroxyl groups excluding tert-OH is 1. The summed E-state index contributed by atoms with van der Waals surface area (Å²) in [6.07, 6.45) is 5.99. The summed E-state index contributed by atoms with van der Waals surface area (Å²) in [4.78, 5) is 0. The van der Waals surface area contributed by atoms with Gasteiger partial charge in [-0.15, -0.1) is 0 Å². The minimum absolute atomic E-state index is 0.130. The molecule has 0 aliphatic heterocycles. The quantitative estimate of drug-likeness (QED) is 0.889. The molecule has 2 aliphatic rings. The Morgan fingerprint density at radius 2 is 1.90 bits per heavy atom. The van der Waals surface area contributed by atoms with Crippen molar-refractivity contribution < 1.29 is 5.11 Å². The van der Waals surface area contributed by atoms with Gasteiger partial charge in [-0.1, -0.05) is 42.1 Å². The minimum Gasteiger partial charge on any atom is -0.392 e. The Kier molecular flexibility index (Phi) is 4.02. The molecular weight excluding hydrogens is 293 g/mol. The number of hydrogen-bond donors (Lipinski definition) is 2. The van der Waals surface area contributed by atoms with E-state index in [0.717, 1.165) is 44.1 Å². The predicted molar refractivity (Wildman–Crippen MR) is 83.3 cm³/mol. The fraction of sp³-hybridized carbons (Fsp3) is 0.625. The SMILES string of the molecule is N[C@@H]1CCC[C@@H]1C(O)C1(c2ccc(Cl)c(Cl)c2)CCC1. The van der Waals surface area contributed by atoms with Gasteiger partial charge in [0.15, 0.2) is 0 Å². The highest BCUT2D eigenvalue weighted by Crippen LogP contribution is 2.51. The molecule has 0 spiro atoms. The smallest absolute Gasteiger partial charge is 0.0679 e. The Hall–Kier alpha value is -0.280. The van der Waals surface area contributed by atoms with Gasteiger partial charge in [-0.05, 0) is 43.4 Å². The second-order valence-corrected chi connectivity index (χ2v) is 7.16. The number of benzene rings is 1.